The first kappa shape index (κ1) is 14.9. The van der Waals surface area contributed by atoms with Gasteiger partial charge >= 0.3 is 0 Å². The molecule has 20 heavy (non-hydrogen) atoms. The largest absolute Gasteiger partial charge is 0.497 e. The number of nitrogens with one attached hydrogen (secondary N) is 1. The number of hydrogen-bond donors (Lipinski definition) is 1. The molecule has 1 amide bonds. The second-order valence-electron chi connectivity index (χ2n) is 5.75. The molecule has 2 atom stereocenters. The fourth-order valence-corrected chi connectivity index (χ4v) is 3.02. The van der Waals surface area contributed by atoms with Crippen molar-refractivity contribution in [1.29, 1.82) is 0 Å². The van der Waals surface area contributed by atoms with Crippen molar-refractivity contribution in [2.45, 2.75) is 51.9 Å². The van der Waals surface area contributed by atoms with Crippen molar-refractivity contribution >= 4 is 11.6 Å². The molecule has 1 aromatic carbocycles. The summed E-state index contributed by atoms with van der Waals surface area (Å²) < 4.78 is 5.28. The smallest absolute Gasteiger partial charge is 0.232 e. The van der Waals surface area contributed by atoms with Gasteiger partial charge in [0, 0.05) is 5.69 Å². The summed E-state index contributed by atoms with van der Waals surface area (Å²) in [5.74, 6) is 1.31. The van der Waals surface area contributed by atoms with Crippen LogP contribution in [0.1, 0.15) is 57.4 Å². The number of amides is 1. The van der Waals surface area contributed by atoms with Crippen molar-refractivity contribution in [2.75, 3.05) is 12.4 Å². The molecule has 3 nitrogen and oxygen atoms in total. The normalized spacial score (nSPS) is 18.6. The summed E-state index contributed by atoms with van der Waals surface area (Å²) in [6.45, 7) is 4.40. The first-order chi connectivity index (χ1) is 9.67. The van der Waals surface area contributed by atoms with Crippen LogP contribution in [0, 0.1) is 5.92 Å². The van der Waals surface area contributed by atoms with Crippen LogP contribution in [0.3, 0.4) is 0 Å². The summed E-state index contributed by atoms with van der Waals surface area (Å²) in [6.07, 6.45) is 6.11. The van der Waals surface area contributed by atoms with E-state index in [4.69, 9.17) is 4.74 Å². The Morgan fingerprint density at radius 2 is 2.10 bits per heavy atom. The van der Waals surface area contributed by atoms with Crippen LogP contribution in [0.4, 0.5) is 5.69 Å². The van der Waals surface area contributed by atoms with Gasteiger partial charge in [0.25, 0.3) is 0 Å². The first-order valence-electron chi connectivity index (χ1n) is 7.66. The van der Waals surface area contributed by atoms with Gasteiger partial charge in [0.2, 0.25) is 5.91 Å². The van der Waals surface area contributed by atoms with Gasteiger partial charge in [0.05, 0.1) is 13.0 Å². The van der Waals surface area contributed by atoms with Crippen LogP contribution in [-0.4, -0.2) is 13.0 Å². The van der Waals surface area contributed by atoms with E-state index in [1.807, 2.05) is 18.2 Å². The van der Waals surface area contributed by atoms with Gasteiger partial charge in [-0.3, -0.25) is 4.79 Å². The second kappa shape index (κ2) is 6.78. The maximum Gasteiger partial charge on any atom is 0.232 e. The average molecular weight is 275 g/mol. The van der Waals surface area contributed by atoms with Crippen molar-refractivity contribution in [3.05, 3.63) is 23.8 Å². The molecule has 0 radical (unpaired) electrons. The summed E-state index contributed by atoms with van der Waals surface area (Å²) in [4.78, 5) is 12.2. The van der Waals surface area contributed by atoms with Crippen LogP contribution in [0.2, 0.25) is 0 Å². The summed E-state index contributed by atoms with van der Waals surface area (Å²) in [5.41, 5.74) is 2.04. The minimum atomic E-state index is -0.0262. The molecule has 0 saturated heterocycles. The lowest BCUT2D eigenvalue weighted by Crippen LogP contribution is -2.19. The predicted molar refractivity (Wildman–Crippen MR) is 82.3 cm³/mol. The highest BCUT2D eigenvalue weighted by molar-refractivity contribution is 6.03. The standard InChI is InChI=1S/C17H25NO2/c1-4-5-6-7-8-12(2)16-14-11-13(20-3)9-10-15(14)18-17(16)19/h9-12,16H,4-8H2,1-3H3,(H,18,19). The molecule has 1 heterocycles. The van der Waals surface area contributed by atoms with Crippen LogP contribution in [0.25, 0.3) is 0 Å². The molecule has 2 rings (SSSR count). The van der Waals surface area contributed by atoms with Crippen molar-refractivity contribution in [1.82, 2.24) is 0 Å². The number of anilines is 1. The van der Waals surface area contributed by atoms with Crippen LogP contribution >= 0.6 is 0 Å². The summed E-state index contributed by atoms with van der Waals surface area (Å²) in [7, 11) is 1.66. The maximum atomic E-state index is 12.2. The van der Waals surface area contributed by atoms with Gasteiger partial charge in [-0.05, 0) is 36.1 Å². The van der Waals surface area contributed by atoms with Crippen LogP contribution in [-0.2, 0) is 4.79 Å². The van der Waals surface area contributed by atoms with E-state index in [2.05, 4.69) is 19.2 Å². The molecule has 1 aliphatic rings. The van der Waals surface area contributed by atoms with Crippen LogP contribution in [0.5, 0.6) is 5.75 Å². The molecule has 1 aliphatic heterocycles. The lowest BCUT2D eigenvalue weighted by Gasteiger charge is -2.18. The fraction of sp³-hybridized carbons (Fsp3) is 0.588. The highest BCUT2D eigenvalue weighted by Gasteiger charge is 2.34. The Kier molecular flexibility index (Phi) is 5.05. The minimum Gasteiger partial charge on any atom is -0.497 e. The van der Waals surface area contributed by atoms with Gasteiger partial charge in [-0.25, -0.2) is 0 Å². The Hall–Kier alpha value is -1.51. The SMILES string of the molecule is CCCCCCC(C)C1C(=O)Nc2ccc(OC)cc21. The zero-order valence-corrected chi connectivity index (χ0v) is 12.7. The highest BCUT2D eigenvalue weighted by atomic mass is 16.5. The number of unbranched alkanes of at least 4 members (excludes halogenated alkanes) is 3. The van der Waals surface area contributed by atoms with E-state index in [9.17, 15) is 4.79 Å². The van der Waals surface area contributed by atoms with E-state index in [0.29, 0.717) is 5.92 Å². The van der Waals surface area contributed by atoms with Gasteiger partial charge in [-0.2, -0.15) is 0 Å². The molecule has 1 N–H and O–H groups in total. The van der Waals surface area contributed by atoms with Crippen LogP contribution in [0.15, 0.2) is 18.2 Å². The molecule has 2 unspecified atom stereocenters. The van der Waals surface area contributed by atoms with Crippen LogP contribution < -0.4 is 10.1 Å². The van der Waals surface area contributed by atoms with E-state index >= 15 is 0 Å². The van der Waals surface area contributed by atoms with Gasteiger partial charge in [0.15, 0.2) is 0 Å². The third-order valence-corrected chi connectivity index (χ3v) is 4.22. The molecule has 110 valence electrons. The monoisotopic (exact) mass is 275 g/mol. The number of hydrogen-bond acceptors (Lipinski definition) is 2. The number of carbonyl (C=O) groups is 1. The van der Waals surface area contributed by atoms with Gasteiger partial charge in [-0.1, -0.05) is 39.5 Å². The quantitative estimate of drug-likeness (QED) is 0.752. The Morgan fingerprint density at radius 3 is 2.80 bits per heavy atom. The molecule has 0 bridgehead atoms. The lowest BCUT2D eigenvalue weighted by atomic mass is 9.85. The summed E-state index contributed by atoms with van der Waals surface area (Å²) in [5, 5.41) is 2.99. The highest BCUT2D eigenvalue weighted by Crippen LogP contribution is 2.40. The van der Waals surface area contributed by atoms with E-state index < -0.39 is 0 Å². The summed E-state index contributed by atoms with van der Waals surface area (Å²) >= 11 is 0. The average Bonchev–Trinajstić information content (AvgIpc) is 2.78. The number of carbonyl (C=O) groups excluding carboxylic acids is 1. The fourth-order valence-electron chi connectivity index (χ4n) is 3.02. The van der Waals surface area contributed by atoms with Gasteiger partial charge < -0.3 is 10.1 Å². The molecular formula is C17H25NO2. The molecule has 0 fully saturated rings. The van der Waals surface area contributed by atoms with Crippen molar-refractivity contribution in [3.63, 3.8) is 0 Å². The zero-order chi connectivity index (χ0) is 14.5. The number of benzene rings is 1. The van der Waals surface area contributed by atoms with Crippen molar-refractivity contribution < 1.29 is 9.53 Å². The molecular weight excluding hydrogens is 250 g/mol. The topological polar surface area (TPSA) is 38.3 Å². The van der Waals surface area contributed by atoms with Crippen molar-refractivity contribution in [2.24, 2.45) is 5.92 Å². The third kappa shape index (κ3) is 3.14. The van der Waals surface area contributed by atoms with Crippen molar-refractivity contribution in [3.8, 4) is 5.75 Å². The molecule has 0 saturated carbocycles. The Labute approximate surface area is 121 Å². The Morgan fingerprint density at radius 1 is 1.30 bits per heavy atom. The molecule has 1 aromatic rings. The molecule has 0 aliphatic carbocycles. The van der Waals surface area contributed by atoms with E-state index in [1.165, 1.54) is 25.7 Å². The maximum absolute atomic E-state index is 12.2. The van der Waals surface area contributed by atoms with E-state index in [-0.39, 0.29) is 11.8 Å². The lowest BCUT2D eigenvalue weighted by molar-refractivity contribution is -0.118. The van der Waals surface area contributed by atoms with E-state index in [0.717, 1.165) is 23.4 Å². The zero-order valence-electron chi connectivity index (χ0n) is 12.7. The van der Waals surface area contributed by atoms with E-state index in [1.54, 1.807) is 7.11 Å². The minimum absolute atomic E-state index is 0.0262. The number of fused-ring (bicyclic) bond motifs is 1. The number of ether oxygens (including phenoxy) is 1. The number of methoxy groups -OCH3 is 1. The molecule has 0 aromatic heterocycles. The molecule has 3 heteroatoms. The third-order valence-electron chi connectivity index (χ3n) is 4.22. The second-order valence-corrected chi connectivity index (χ2v) is 5.75. The van der Waals surface area contributed by atoms with Gasteiger partial charge in [0.1, 0.15) is 5.75 Å². The molecule has 0 spiro atoms. The Balaban J connectivity index is 2.06. The summed E-state index contributed by atoms with van der Waals surface area (Å²) in [6, 6.07) is 5.84. The number of rotatable bonds is 7. The Bertz CT molecular complexity index is 470. The predicted octanol–water partition coefficient (Wildman–Crippen LogP) is 4.34. The van der Waals surface area contributed by atoms with Gasteiger partial charge in [-0.15, -0.1) is 0 Å². The first-order valence-corrected chi connectivity index (χ1v) is 7.66.